The summed E-state index contributed by atoms with van der Waals surface area (Å²) in [7, 11) is 0. The average Bonchev–Trinajstić information content (AvgIpc) is 2.61. The summed E-state index contributed by atoms with van der Waals surface area (Å²) >= 11 is 0. The summed E-state index contributed by atoms with van der Waals surface area (Å²) in [5.74, 6) is 0.419. The van der Waals surface area contributed by atoms with Crippen molar-refractivity contribution in [2.24, 2.45) is 0 Å². The van der Waals surface area contributed by atoms with Crippen LogP contribution in [0.5, 0.6) is 0 Å². The van der Waals surface area contributed by atoms with Crippen molar-refractivity contribution in [2.45, 2.75) is 26.3 Å². The van der Waals surface area contributed by atoms with Crippen LogP contribution in [0.1, 0.15) is 25.3 Å². The molecule has 6 nitrogen and oxygen atoms in total. The lowest BCUT2D eigenvalue weighted by molar-refractivity contribution is 0.627. The molecule has 0 atom stereocenters. The van der Waals surface area contributed by atoms with Crippen LogP contribution < -0.4 is 10.9 Å². The molecule has 3 rings (SSSR count). The fraction of sp³-hybridized carbons (Fsp3) is 0.222. The highest BCUT2D eigenvalue weighted by Gasteiger charge is 2.07. The predicted octanol–water partition coefficient (Wildman–Crippen LogP) is 3.21. The van der Waals surface area contributed by atoms with E-state index in [2.05, 4.69) is 28.3 Å². The van der Waals surface area contributed by atoms with Crippen molar-refractivity contribution < 1.29 is 0 Å². The molecule has 6 heteroatoms. The standard InChI is InChI=1S/C18H17N5O/c1-2-3-10-23-16(24)9-6-14-12-20-18(22-17(14)23)21-15-7-4-13(11-19)5-8-15/h4-9,12H,2-3,10H2,1H3,(H,20,21,22). The number of benzene rings is 1. The molecular formula is C18H17N5O. The summed E-state index contributed by atoms with van der Waals surface area (Å²) in [6.07, 6.45) is 3.63. The van der Waals surface area contributed by atoms with Crippen molar-refractivity contribution in [3.05, 3.63) is 58.5 Å². The summed E-state index contributed by atoms with van der Waals surface area (Å²) in [6, 6.07) is 12.4. The first-order chi connectivity index (χ1) is 11.7. The number of hydrogen-bond donors (Lipinski definition) is 1. The van der Waals surface area contributed by atoms with Crippen molar-refractivity contribution in [1.29, 1.82) is 5.26 Å². The third-order valence-electron chi connectivity index (χ3n) is 3.73. The van der Waals surface area contributed by atoms with E-state index in [0.29, 0.717) is 23.7 Å². The van der Waals surface area contributed by atoms with Gasteiger partial charge in [-0.15, -0.1) is 0 Å². The van der Waals surface area contributed by atoms with Crippen molar-refractivity contribution in [3.63, 3.8) is 0 Å². The van der Waals surface area contributed by atoms with E-state index in [1.165, 1.54) is 0 Å². The largest absolute Gasteiger partial charge is 0.324 e. The smallest absolute Gasteiger partial charge is 0.252 e. The molecule has 3 aromatic rings. The Kier molecular flexibility index (Phi) is 4.52. The summed E-state index contributed by atoms with van der Waals surface area (Å²) in [5, 5.41) is 12.8. The minimum Gasteiger partial charge on any atom is -0.324 e. The Hall–Kier alpha value is -3.20. The van der Waals surface area contributed by atoms with Gasteiger partial charge in [-0.2, -0.15) is 10.2 Å². The van der Waals surface area contributed by atoms with E-state index in [9.17, 15) is 4.79 Å². The second kappa shape index (κ2) is 6.92. The van der Waals surface area contributed by atoms with E-state index in [0.717, 1.165) is 23.9 Å². The average molecular weight is 319 g/mol. The monoisotopic (exact) mass is 319 g/mol. The van der Waals surface area contributed by atoms with Crippen LogP contribution in [0, 0.1) is 11.3 Å². The molecule has 0 bridgehead atoms. The van der Waals surface area contributed by atoms with E-state index >= 15 is 0 Å². The van der Waals surface area contributed by atoms with Gasteiger partial charge in [0.15, 0.2) is 0 Å². The normalized spacial score (nSPS) is 10.5. The molecular weight excluding hydrogens is 302 g/mol. The van der Waals surface area contributed by atoms with Gasteiger partial charge in [0.25, 0.3) is 5.56 Å². The molecule has 0 spiro atoms. The van der Waals surface area contributed by atoms with Crippen LogP contribution in [-0.2, 0) is 6.54 Å². The fourth-order valence-electron chi connectivity index (χ4n) is 2.42. The Morgan fingerprint density at radius 1 is 1.21 bits per heavy atom. The summed E-state index contributed by atoms with van der Waals surface area (Å²) in [4.78, 5) is 20.9. The number of fused-ring (bicyclic) bond motifs is 1. The Bertz CT molecular complexity index is 954. The first kappa shape index (κ1) is 15.7. The van der Waals surface area contributed by atoms with Crippen molar-refractivity contribution in [1.82, 2.24) is 14.5 Å². The van der Waals surface area contributed by atoms with Crippen molar-refractivity contribution >= 4 is 22.7 Å². The maximum absolute atomic E-state index is 12.1. The van der Waals surface area contributed by atoms with E-state index in [-0.39, 0.29) is 5.56 Å². The Morgan fingerprint density at radius 3 is 2.71 bits per heavy atom. The minimum atomic E-state index is -0.0565. The van der Waals surface area contributed by atoms with Crippen LogP contribution in [0.3, 0.4) is 0 Å². The second-order valence-corrected chi connectivity index (χ2v) is 5.46. The van der Waals surface area contributed by atoms with Crippen molar-refractivity contribution in [3.8, 4) is 6.07 Å². The number of unbranched alkanes of at least 4 members (excludes halogenated alkanes) is 1. The number of anilines is 2. The number of nitrogens with one attached hydrogen (secondary N) is 1. The molecule has 0 saturated heterocycles. The molecule has 2 heterocycles. The van der Waals surface area contributed by atoms with Crippen molar-refractivity contribution in [2.75, 3.05) is 5.32 Å². The molecule has 0 fully saturated rings. The van der Waals surface area contributed by atoms with Crippen LogP contribution in [0.15, 0.2) is 47.4 Å². The number of pyridine rings is 1. The highest BCUT2D eigenvalue weighted by molar-refractivity contribution is 5.75. The van der Waals surface area contributed by atoms with Gasteiger partial charge in [0.1, 0.15) is 5.65 Å². The van der Waals surface area contributed by atoms with Gasteiger partial charge < -0.3 is 5.32 Å². The molecule has 0 saturated carbocycles. The molecule has 0 aliphatic rings. The zero-order chi connectivity index (χ0) is 16.9. The van der Waals surface area contributed by atoms with Gasteiger partial charge in [0.2, 0.25) is 5.95 Å². The molecule has 0 radical (unpaired) electrons. The number of rotatable bonds is 5. The maximum atomic E-state index is 12.1. The number of aryl methyl sites for hydroxylation is 1. The van der Waals surface area contributed by atoms with Gasteiger partial charge in [-0.05, 0) is 36.8 Å². The molecule has 1 aromatic carbocycles. The van der Waals surface area contributed by atoms with E-state index in [1.807, 2.05) is 0 Å². The quantitative estimate of drug-likeness (QED) is 0.780. The molecule has 24 heavy (non-hydrogen) atoms. The molecule has 0 aliphatic carbocycles. The Labute approximate surface area is 139 Å². The van der Waals surface area contributed by atoms with Crippen LogP contribution in [0.4, 0.5) is 11.6 Å². The Balaban J connectivity index is 1.97. The first-order valence-corrected chi connectivity index (χ1v) is 7.85. The summed E-state index contributed by atoms with van der Waals surface area (Å²) in [6.45, 7) is 2.73. The van der Waals surface area contributed by atoms with Crippen LogP contribution in [-0.4, -0.2) is 14.5 Å². The lowest BCUT2D eigenvalue weighted by Crippen LogP contribution is -2.20. The predicted molar refractivity (Wildman–Crippen MR) is 93.1 cm³/mol. The van der Waals surface area contributed by atoms with Gasteiger partial charge in [-0.1, -0.05) is 13.3 Å². The Morgan fingerprint density at radius 2 is 2.00 bits per heavy atom. The highest BCUT2D eigenvalue weighted by Crippen LogP contribution is 2.16. The number of hydrogen-bond acceptors (Lipinski definition) is 5. The second-order valence-electron chi connectivity index (χ2n) is 5.46. The molecule has 0 amide bonds. The molecule has 0 aliphatic heterocycles. The molecule has 2 aromatic heterocycles. The fourth-order valence-corrected chi connectivity index (χ4v) is 2.42. The molecule has 120 valence electrons. The van der Waals surface area contributed by atoms with Gasteiger partial charge >= 0.3 is 0 Å². The van der Waals surface area contributed by atoms with Gasteiger partial charge in [0.05, 0.1) is 11.6 Å². The molecule has 0 unspecified atom stereocenters. The van der Waals surface area contributed by atoms with Crippen LogP contribution in [0.25, 0.3) is 11.0 Å². The third kappa shape index (κ3) is 3.25. The maximum Gasteiger partial charge on any atom is 0.252 e. The number of nitrogens with zero attached hydrogens (tertiary/aromatic N) is 4. The lowest BCUT2D eigenvalue weighted by atomic mass is 10.2. The van der Waals surface area contributed by atoms with Gasteiger partial charge in [-0.25, -0.2) is 4.98 Å². The zero-order valence-electron chi connectivity index (χ0n) is 13.4. The number of nitriles is 1. The molecule has 1 N–H and O–H groups in total. The van der Waals surface area contributed by atoms with E-state index < -0.39 is 0 Å². The van der Waals surface area contributed by atoms with Crippen LogP contribution >= 0.6 is 0 Å². The van der Waals surface area contributed by atoms with Crippen LogP contribution in [0.2, 0.25) is 0 Å². The SMILES string of the molecule is CCCCn1c(=O)ccc2cnc(Nc3ccc(C#N)cc3)nc21. The zero-order valence-corrected chi connectivity index (χ0v) is 13.4. The number of aromatic nitrogens is 3. The lowest BCUT2D eigenvalue weighted by Gasteiger charge is -2.10. The third-order valence-corrected chi connectivity index (χ3v) is 3.73. The van der Waals surface area contributed by atoms with Gasteiger partial charge in [0, 0.05) is 29.9 Å². The van der Waals surface area contributed by atoms with E-state index in [4.69, 9.17) is 5.26 Å². The highest BCUT2D eigenvalue weighted by atomic mass is 16.1. The summed E-state index contributed by atoms with van der Waals surface area (Å²) < 4.78 is 1.68. The van der Waals surface area contributed by atoms with Gasteiger partial charge in [-0.3, -0.25) is 9.36 Å². The first-order valence-electron chi connectivity index (χ1n) is 7.85. The summed E-state index contributed by atoms with van der Waals surface area (Å²) in [5.41, 5.74) is 1.95. The topological polar surface area (TPSA) is 83.6 Å². The minimum absolute atomic E-state index is 0.0565. The van der Waals surface area contributed by atoms with E-state index in [1.54, 1.807) is 47.2 Å².